The average Bonchev–Trinajstić information content (AvgIpc) is 2.40. The zero-order chi connectivity index (χ0) is 13.0. The summed E-state index contributed by atoms with van der Waals surface area (Å²) in [6, 6.07) is 14.9. The van der Waals surface area contributed by atoms with E-state index in [4.69, 9.17) is 5.21 Å². The number of nitrogens with one attached hydrogen (secondary N) is 2. The minimum absolute atomic E-state index is 0.0933. The second-order valence-corrected chi connectivity index (χ2v) is 3.71. The van der Waals surface area contributed by atoms with Crippen molar-refractivity contribution in [1.29, 1.82) is 0 Å². The second-order valence-electron chi connectivity index (χ2n) is 3.71. The predicted molar refractivity (Wildman–Crippen MR) is 66.6 cm³/mol. The molecule has 0 fully saturated rings. The van der Waals surface area contributed by atoms with E-state index in [0.29, 0.717) is 11.3 Å². The zero-order valence-corrected chi connectivity index (χ0v) is 9.46. The highest BCUT2D eigenvalue weighted by atomic mass is 16.8. The van der Waals surface area contributed by atoms with Crippen LogP contribution in [0, 0.1) is 5.21 Å². The lowest BCUT2D eigenvalue weighted by Crippen LogP contribution is -2.99. The van der Waals surface area contributed by atoms with Gasteiger partial charge >= 0.3 is 0 Å². The summed E-state index contributed by atoms with van der Waals surface area (Å²) in [5.74, 6) is -0.329. The van der Waals surface area contributed by atoms with Gasteiger partial charge in [-0.3, -0.25) is 4.79 Å². The molecule has 0 saturated heterocycles. The summed E-state index contributed by atoms with van der Waals surface area (Å²) >= 11 is 0. The number of para-hydroxylation sites is 1. The van der Waals surface area contributed by atoms with Crippen LogP contribution in [0.1, 0.15) is 10.4 Å². The molecule has 5 heteroatoms. The van der Waals surface area contributed by atoms with Gasteiger partial charge in [-0.25, -0.2) is 5.21 Å². The van der Waals surface area contributed by atoms with Crippen molar-refractivity contribution in [3.63, 3.8) is 0 Å². The molecule has 0 radical (unpaired) electrons. The van der Waals surface area contributed by atoms with Crippen LogP contribution in [-0.4, -0.2) is 11.1 Å². The van der Waals surface area contributed by atoms with E-state index in [1.807, 2.05) is 18.2 Å². The first-order chi connectivity index (χ1) is 8.66. The average molecular weight is 244 g/mol. The van der Waals surface area contributed by atoms with E-state index in [1.54, 1.807) is 24.3 Å². The largest absolute Gasteiger partial charge is 0.595 e. The number of anilines is 1. The third-order valence-corrected chi connectivity index (χ3v) is 2.40. The van der Waals surface area contributed by atoms with Crippen molar-refractivity contribution in [2.75, 3.05) is 5.32 Å². The normalized spacial score (nSPS) is 11.9. The molecule has 0 aliphatic heterocycles. The van der Waals surface area contributed by atoms with Gasteiger partial charge in [-0.2, -0.15) is 5.23 Å². The van der Waals surface area contributed by atoms with Crippen LogP contribution in [0.3, 0.4) is 0 Å². The van der Waals surface area contributed by atoms with Crippen LogP contribution in [-0.2, 0) is 0 Å². The highest BCUT2D eigenvalue weighted by Crippen LogP contribution is 2.10. The van der Waals surface area contributed by atoms with Gasteiger partial charge in [0.15, 0.2) is 5.69 Å². The van der Waals surface area contributed by atoms with Crippen LogP contribution in [0.5, 0.6) is 0 Å². The van der Waals surface area contributed by atoms with Gasteiger partial charge in [0, 0.05) is 23.4 Å². The van der Waals surface area contributed by atoms with E-state index in [1.165, 1.54) is 12.1 Å². The highest BCUT2D eigenvalue weighted by molar-refractivity contribution is 6.04. The van der Waals surface area contributed by atoms with Gasteiger partial charge < -0.3 is 10.5 Å². The summed E-state index contributed by atoms with van der Waals surface area (Å²) in [6.45, 7) is 0. The first-order valence-electron chi connectivity index (χ1n) is 5.36. The van der Waals surface area contributed by atoms with Crippen LogP contribution in [0.4, 0.5) is 11.4 Å². The minimum atomic E-state index is -1.05. The molecule has 2 aromatic rings. The third-order valence-electron chi connectivity index (χ3n) is 2.40. The molecule has 1 atom stereocenters. The lowest BCUT2D eigenvalue weighted by Gasteiger charge is -2.12. The van der Waals surface area contributed by atoms with Gasteiger partial charge in [-0.05, 0) is 18.2 Å². The van der Waals surface area contributed by atoms with Gasteiger partial charge in [0.2, 0.25) is 0 Å². The Morgan fingerprint density at radius 1 is 1.11 bits per heavy atom. The molecule has 0 aliphatic rings. The Hall–Kier alpha value is -2.21. The van der Waals surface area contributed by atoms with Crippen LogP contribution >= 0.6 is 0 Å². The van der Waals surface area contributed by atoms with Crippen molar-refractivity contribution in [3.8, 4) is 0 Å². The molecule has 1 amide bonds. The maximum Gasteiger partial charge on any atom is 0.255 e. The van der Waals surface area contributed by atoms with Crippen molar-refractivity contribution in [1.82, 2.24) is 0 Å². The lowest BCUT2D eigenvalue weighted by molar-refractivity contribution is -0.991. The van der Waals surface area contributed by atoms with E-state index >= 15 is 0 Å². The summed E-state index contributed by atoms with van der Waals surface area (Å²) < 4.78 is 0. The number of quaternary nitrogens is 1. The van der Waals surface area contributed by atoms with E-state index in [9.17, 15) is 10.0 Å². The molecular weight excluding hydrogens is 232 g/mol. The van der Waals surface area contributed by atoms with Gasteiger partial charge in [0.05, 0.1) is 0 Å². The fourth-order valence-electron chi connectivity index (χ4n) is 1.52. The molecule has 3 N–H and O–H groups in total. The van der Waals surface area contributed by atoms with Crippen LogP contribution in [0.2, 0.25) is 0 Å². The van der Waals surface area contributed by atoms with E-state index in [2.05, 4.69) is 5.32 Å². The number of carbonyl (C=O) groups excluding carboxylic acids is 1. The Morgan fingerprint density at radius 3 is 2.50 bits per heavy atom. The molecular formula is C13H12N2O3. The molecule has 92 valence electrons. The molecule has 2 aromatic carbocycles. The molecule has 5 nitrogen and oxygen atoms in total. The first-order valence-corrected chi connectivity index (χ1v) is 5.36. The molecule has 2 rings (SSSR count). The standard InChI is InChI=1S/C13H12N2O3/c16-13(14-11-6-2-1-3-7-11)10-5-4-8-12(9-10)15(17)18/h1-9,15,17H,(H,14,16). The number of carbonyl (C=O) groups is 1. The molecule has 0 spiro atoms. The SMILES string of the molecule is O=C(Nc1ccccc1)c1cccc([NH+]([O-])O)c1. The number of hydrogen-bond acceptors (Lipinski definition) is 3. The lowest BCUT2D eigenvalue weighted by atomic mass is 10.2. The quantitative estimate of drug-likeness (QED) is 0.713. The highest BCUT2D eigenvalue weighted by Gasteiger charge is 2.08. The van der Waals surface area contributed by atoms with Crippen molar-refractivity contribution >= 4 is 17.3 Å². The van der Waals surface area contributed by atoms with Gasteiger partial charge in [0.25, 0.3) is 5.91 Å². The number of amides is 1. The van der Waals surface area contributed by atoms with Crippen molar-refractivity contribution in [2.45, 2.75) is 0 Å². The fourth-order valence-corrected chi connectivity index (χ4v) is 1.52. The molecule has 0 saturated carbocycles. The number of rotatable bonds is 3. The summed E-state index contributed by atoms with van der Waals surface area (Å²) in [5.41, 5.74) is 1.08. The van der Waals surface area contributed by atoms with Gasteiger partial charge in [-0.15, -0.1) is 0 Å². The van der Waals surface area contributed by atoms with E-state index < -0.39 is 5.23 Å². The Labute approximate surface area is 104 Å². The minimum Gasteiger partial charge on any atom is -0.595 e. The van der Waals surface area contributed by atoms with Crippen molar-refractivity contribution in [3.05, 3.63) is 65.4 Å². The molecule has 0 heterocycles. The Kier molecular flexibility index (Phi) is 3.69. The number of benzene rings is 2. The third kappa shape index (κ3) is 2.92. The summed E-state index contributed by atoms with van der Waals surface area (Å²) in [4.78, 5) is 11.9. The number of hydrogen-bond donors (Lipinski definition) is 3. The molecule has 0 bridgehead atoms. The summed E-state index contributed by atoms with van der Waals surface area (Å²) in [5, 5.41) is 21.3. The van der Waals surface area contributed by atoms with Crippen molar-refractivity contribution < 1.29 is 15.2 Å². The maximum absolute atomic E-state index is 11.9. The topological polar surface area (TPSA) is 76.8 Å². The smallest absolute Gasteiger partial charge is 0.255 e. The Balaban J connectivity index is 2.16. The maximum atomic E-state index is 11.9. The molecule has 0 aliphatic carbocycles. The molecule has 18 heavy (non-hydrogen) atoms. The van der Waals surface area contributed by atoms with E-state index in [0.717, 1.165) is 0 Å². The van der Waals surface area contributed by atoms with Crippen LogP contribution < -0.4 is 10.5 Å². The predicted octanol–water partition coefficient (Wildman–Crippen LogP) is 1.34. The van der Waals surface area contributed by atoms with Crippen molar-refractivity contribution in [2.24, 2.45) is 0 Å². The Bertz CT molecular complexity index is 541. The zero-order valence-electron chi connectivity index (χ0n) is 9.46. The monoisotopic (exact) mass is 244 g/mol. The second kappa shape index (κ2) is 5.42. The first kappa shape index (κ1) is 12.3. The van der Waals surface area contributed by atoms with E-state index in [-0.39, 0.29) is 11.6 Å². The molecule has 0 aromatic heterocycles. The fraction of sp³-hybridized carbons (Fsp3) is 0. The summed E-state index contributed by atoms with van der Waals surface area (Å²) in [7, 11) is 0. The molecule has 1 unspecified atom stereocenters. The summed E-state index contributed by atoms with van der Waals surface area (Å²) in [6.07, 6.45) is 0. The van der Waals surface area contributed by atoms with Crippen LogP contribution in [0.25, 0.3) is 0 Å². The van der Waals surface area contributed by atoms with Crippen LogP contribution in [0.15, 0.2) is 54.6 Å². The Morgan fingerprint density at radius 2 is 1.83 bits per heavy atom. The van der Waals surface area contributed by atoms with Gasteiger partial charge in [0.1, 0.15) is 0 Å². The van der Waals surface area contributed by atoms with Gasteiger partial charge in [-0.1, -0.05) is 24.3 Å².